The first kappa shape index (κ1) is 9.26. The van der Waals surface area contributed by atoms with Crippen molar-refractivity contribution in [2.45, 2.75) is 51.5 Å². The van der Waals surface area contributed by atoms with Crippen LogP contribution < -0.4 is 5.32 Å². The Kier molecular flexibility index (Phi) is 3.05. The Morgan fingerprint density at radius 3 is 2.77 bits per heavy atom. The quantitative estimate of drug-likeness (QED) is 0.654. The standard InChI is InChI=1S/C12H21N/c1-2-10-6-7-12(8-10)13-9-11-4-3-5-11/h8,11-13H,2-7,9H2,1H3. The molecule has 2 rings (SSSR count). The average Bonchev–Trinajstić information content (AvgIpc) is 2.49. The molecular formula is C12H21N. The van der Waals surface area contributed by atoms with Crippen molar-refractivity contribution >= 4 is 0 Å². The van der Waals surface area contributed by atoms with Crippen molar-refractivity contribution in [2.75, 3.05) is 6.54 Å². The van der Waals surface area contributed by atoms with Crippen LogP contribution in [0.1, 0.15) is 45.4 Å². The Morgan fingerprint density at radius 1 is 1.38 bits per heavy atom. The van der Waals surface area contributed by atoms with Crippen LogP contribution in [0.5, 0.6) is 0 Å². The molecular weight excluding hydrogens is 158 g/mol. The van der Waals surface area contributed by atoms with Crippen LogP contribution in [0, 0.1) is 5.92 Å². The fourth-order valence-electron chi connectivity index (χ4n) is 2.26. The van der Waals surface area contributed by atoms with Gasteiger partial charge in [0.1, 0.15) is 0 Å². The lowest BCUT2D eigenvalue weighted by Crippen LogP contribution is -2.33. The summed E-state index contributed by atoms with van der Waals surface area (Å²) in [6.07, 6.45) is 10.8. The van der Waals surface area contributed by atoms with Crippen molar-refractivity contribution in [3.63, 3.8) is 0 Å². The van der Waals surface area contributed by atoms with Gasteiger partial charge in [-0.05, 0) is 44.6 Å². The van der Waals surface area contributed by atoms with Gasteiger partial charge in [0.15, 0.2) is 0 Å². The highest BCUT2D eigenvalue weighted by molar-refractivity contribution is 5.13. The first-order valence-electron chi connectivity index (χ1n) is 5.81. The third kappa shape index (κ3) is 2.34. The van der Waals surface area contributed by atoms with Crippen molar-refractivity contribution in [3.05, 3.63) is 11.6 Å². The highest BCUT2D eigenvalue weighted by atomic mass is 14.9. The van der Waals surface area contributed by atoms with Gasteiger partial charge in [0.05, 0.1) is 0 Å². The molecule has 0 saturated heterocycles. The summed E-state index contributed by atoms with van der Waals surface area (Å²) in [5, 5.41) is 3.67. The summed E-state index contributed by atoms with van der Waals surface area (Å²) < 4.78 is 0. The number of nitrogens with one attached hydrogen (secondary N) is 1. The van der Waals surface area contributed by atoms with Crippen LogP contribution in [-0.2, 0) is 0 Å². The Hall–Kier alpha value is -0.300. The molecule has 0 spiro atoms. The number of hydrogen-bond acceptors (Lipinski definition) is 1. The van der Waals surface area contributed by atoms with Crippen LogP contribution in [0.2, 0.25) is 0 Å². The minimum atomic E-state index is 0.704. The molecule has 1 fully saturated rings. The van der Waals surface area contributed by atoms with Gasteiger partial charge in [-0.1, -0.05) is 25.0 Å². The molecule has 1 nitrogen and oxygen atoms in total. The van der Waals surface area contributed by atoms with Gasteiger partial charge in [-0.2, -0.15) is 0 Å². The molecule has 0 amide bonds. The second-order valence-corrected chi connectivity index (χ2v) is 4.53. The smallest absolute Gasteiger partial charge is 0.0255 e. The monoisotopic (exact) mass is 179 g/mol. The number of hydrogen-bond donors (Lipinski definition) is 1. The van der Waals surface area contributed by atoms with Gasteiger partial charge in [-0.3, -0.25) is 0 Å². The molecule has 1 saturated carbocycles. The molecule has 1 heteroatoms. The third-order valence-corrected chi connectivity index (χ3v) is 3.56. The van der Waals surface area contributed by atoms with E-state index in [1.165, 1.54) is 45.1 Å². The summed E-state index contributed by atoms with van der Waals surface area (Å²) in [4.78, 5) is 0. The van der Waals surface area contributed by atoms with E-state index in [0.29, 0.717) is 6.04 Å². The SMILES string of the molecule is CCC1=CC(NCC2CCC2)CC1. The topological polar surface area (TPSA) is 12.0 Å². The van der Waals surface area contributed by atoms with Gasteiger partial charge in [0.25, 0.3) is 0 Å². The zero-order chi connectivity index (χ0) is 9.10. The minimum Gasteiger partial charge on any atom is -0.310 e. The lowest BCUT2D eigenvalue weighted by atomic mass is 9.85. The summed E-state index contributed by atoms with van der Waals surface area (Å²) in [5.74, 6) is 0.999. The molecule has 0 bridgehead atoms. The molecule has 0 aromatic rings. The van der Waals surface area contributed by atoms with Gasteiger partial charge in [-0.25, -0.2) is 0 Å². The van der Waals surface area contributed by atoms with E-state index in [-0.39, 0.29) is 0 Å². The maximum absolute atomic E-state index is 3.67. The van der Waals surface area contributed by atoms with Crippen molar-refractivity contribution < 1.29 is 0 Å². The molecule has 1 unspecified atom stereocenters. The van der Waals surface area contributed by atoms with Crippen LogP contribution >= 0.6 is 0 Å². The van der Waals surface area contributed by atoms with Crippen molar-refractivity contribution in [1.82, 2.24) is 5.32 Å². The van der Waals surface area contributed by atoms with E-state index >= 15 is 0 Å². The van der Waals surface area contributed by atoms with E-state index in [1.807, 2.05) is 0 Å². The molecule has 0 aromatic carbocycles. The highest BCUT2D eigenvalue weighted by Crippen LogP contribution is 2.26. The Morgan fingerprint density at radius 2 is 2.23 bits per heavy atom. The van der Waals surface area contributed by atoms with E-state index in [9.17, 15) is 0 Å². The second-order valence-electron chi connectivity index (χ2n) is 4.53. The summed E-state index contributed by atoms with van der Waals surface area (Å²) >= 11 is 0. The second kappa shape index (κ2) is 4.28. The average molecular weight is 179 g/mol. The summed E-state index contributed by atoms with van der Waals surface area (Å²) in [6, 6.07) is 0.704. The van der Waals surface area contributed by atoms with E-state index in [0.717, 1.165) is 5.92 Å². The van der Waals surface area contributed by atoms with Crippen molar-refractivity contribution in [2.24, 2.45) is 5.92 Å². The zero-order valence-electron chi connectivity index (χ0n) is 8.68. The molecule has 1 atom stereocenters. The van der Waals surface area contributed by atoms with E-state index in [4.69, 9.17) is 0 Å². The fraction of sp³-hybridized carbons (Fsp3) is 0.833. The Balaban J connectivity index is 1.67. The van der Waals surface area contributed by atoms with Crippen LogP contribution in [0.25, 0.3) is 0 Å². The lowest BCUT2D eigenvalue weighted by molar-refractivity contribution is 0.295. The first-order chi connectivity index (χ1) is 6.38. The predicted octanol–water partition coefficient (Wildman–Crippen LogP) is 2.87. The lowest BCUT2D eigenvalue weighted by Gasteiger charge is -2.26. The van der Waals surface area contributed by atoms with Gasteiger partial charge in [0, 0.05) is 6.04 Å². The van der Waals surface area contributed by atoms with Crippen molar-refractivity contribution in [1.29, 1.82) is 0 Å². The Bertz CT molecular complexity index is 191. The van der Waals surface area contributed by atoms with Crippen LogP contribution in [-0.4, -0.2) is 12.6 Å². The maximum atomic E-state index is 3.67. The molecule has 0 radical (unpaired) electrons. The summed E-state index contributed by atoms with van der Waals surface area (Å²) in [6.45, 7) is 3.53. The van der Waals surface area contributed by atoms with Crippen LogP contribution in [0.3, 0.4) is 0 Å². The molecule has 2 aliphatic rings. The molecule has 0 aliphatic heterocycles. The van der Waals surface area contributed by atoms with E-state index < -0.39 is 0 Å². The van der Waals surface area contributed by atoms with Gasteiger partial charge in [0.2, 0.25) is 0 Å². The van der Waals surface area contributed by atoms with E-state index in [2.05, 4.69) is 18.3 Å². The third-order valence-electron chi connectivity index (χ3n) is 3.56. The maximum Gasteiger partial charge on any atom is 0.0255 e. The minimum absolute atomic E-state index is 0.704. The molecule has 0 heterocycles. The fourth-order valence-corrected chi connectivity index (χ4v) is 2.26. The molecule has 74 valence electrons. The van der Waals surface area contributed by atoms with Crippen LogP contribution in [0.4, 0.5) is 0 Å². The summed E-state index contributed by atoms with van der Waals surface area (Å²) in [7, 11) is 0. The molecule has 0 aromatic heterocycles. The molecule has 1 N–H and O–H groups in total. The number of allylic oxidation sites excluding steroid dienone is 1. The predicted molar refractivity (Wildman–Crippen MR) is 56.7 cm³/mol. The molecule has 13 heavy (non-hydrogen) atoms. The largest absolute Gasteiger partial charge is 0.310 e. The zero-order valence-corrected chi connectivity index (χ0v) is 8.68. The normalized spacial score (nSPS) is 28.7. The summed E-state index contributed by atoms with van der Waals surface area (Å²) in [5.41, 5.74) is 1.66. The number of rotatable bonds is 4. The van der Waals surface area contributed by atoms with E-state index in [1.54, 1.807) is 5.57 Å². The molecule has 2 aliphatic carbocycles. The van der Waals surface area contributed by atoms with Gasteiger partial charge < -0.3 is 5.32 Å². The van der Waals surface area contributed by atoms with Crippen LogP contribution in [0.15, 0.2) is 11.6 Å². The van der Waals surface area contributed by atoms with Gasteiger partial charge in [-0.15, -0.1) is 0 Å². The Labute approximate surface area is 81.6 Å². The van der Waals surface area contributed by atoms with Crippen molar-refractivity contribution in [3.8, 4) is 0 Å². The highest BCUT2D eigenvalue weighted by Gasteiger charge is 2.19. The first-order valence-corrected chi connectivity index (χ1v) is 5.81. The van der Waals surface area contributed by atoms with Gasteiger partial charge >= 0.3 is 0 Å².